The minimum Gasteiger partial charge on any atom is -0.435 e. The fraction of sp³-hybridized carbons (Fsp3) is 0.321. The number of hydrogen-bond donors (Lipinski definition) is 1. The van der Waals surface area contributed by atoms with Crippen molar-refractivity contribution in [1.29, 1.82) is 0 Å². The molecule has 41 heavy (non-hydrogen) atoms. The summed E-state index contributed by atoms with van der Waals surface area (Å²) in [7, 11) is -0.656. The number of nitrogens with zero attached hydrogens (tertiary/aromatic N) is 5. The van der Waals surface area contributed by atoms with Gasteiger partial charge in [-0.1, -0.05) is 30.3 Å². The van der Waals surface area contributed by atoms with Gasteiger partial charge < -0.3 is 9.64 Å². The minimum atomic E-state index is -4.23. The van der Waals surface area contributed by atoms with Crippen LogP contribution in [0.4, 0.5) is 19.1 Å². The molecule has 13 heteroatoms. The zero-order chi connectivity index (χ0) is 29.3. The number of nitrogens with one attached hydrogen (secondary N) is 1. The summed E-state index contributed by atoms with van der Waals surface area (Å²) in [5.41, 5.74) is 0.784. The molecule has 2 aromatic carbocycles. The lowest BCUT2D eigenvalue weighted by Crippen LogP contribution is -2.29. The third-order valence-electron chi connectivity index (χ3n) is 7.10. The first-order valence-corrected chi connectivity index (χ1v) is 14.4. The number of aryl methyl sites for hydroxylation is 2. The molecule has 4 aromatic rings. The molecule has 0 spiro atoms. The van der Waals surface area contributed by atoms with E-state index >= 15 is 4.39 Å². The van der Waals surface area contributed by atoms with Crippen LogP contribution in [-0.2, 0) is 17.1 Å². The molecule has 1 saturated heterocycles. The molecule has 1 fully saturated rings. The van der Waals surface area contributed by atoms with E-state index in [4.69, 9.17) is 4.74 Å². The molecule has 0 radical (unpaired) electrons. The molecule has 1 aliphatic heterocycles. The molecular formula is C28H29F3N6O3S. The van der Waals surface area contributed by atoms with Crippen molar-refractivity contribution in [3.63, 3.8) is 0 Å². The Balaban J connectivity index is 1.58. The number of aromatic nitrogens is 4. The average Bonchev–Trinajstić information content (AvgIpc) is 3.37. The molecule has 0 atom stereocenters. The molecule has 9 nitrogen and oxygen atoms in total. The number of alkyl halides is 2. The molecular weight excluding hydrogens is 557 g/mol. The highest BCUT2D eigenvalue weighted by Crippen LogP contribution is 2.40. The van der Waals surface area contributed by atoms with E-state index in [1.165, 1.54) is 23.0 Å². The number of hydrogen-bond acceptors (Lipinski definition) is 7. The van der Waals surface area contributed by atoms with E-state index in [2.05, 4.69) is 24.7 Å². The lowest BCUT2D eigenvalue weighted by atomic mass is 9.89. The van der Waals surface area contributed by atoms with Gasteiger partial charge in [-0.2, -0.15) is 10.1 Å². The lowest BCUT2D eigenvalue weighted by molar-refractivity contribution is 0.147. The molecule has 0 unspecified atom stereocenters. The van der Waals surface area contributed by atoms with Gasteiger partial charge in [0.05, 0.1) is 11.9 Å². The highest BCUT2D eigenvalue weighted by atomic mass is 32.2. The van der Waals surface area contributed by atoms with Crippen molar-refractivity contribution in [3.8, 4) is 22.9 Å². The summed E-state index contributed by atoms with van der Waals surface area (Å²) < 4.78 is 79.6. The molecule has 216 valence electrons. The number of benzene rings is 2. The van der Waals surface area contributed by atoms with Gasteiger partial charge in [-0.05, 0) is 69.1 Å². The molecule has 0 bridgehead atoms. The van der Waals surface area contributed by atoms with Gasteiger partial charge in [-0.15, -0.1) is 0 Å². The van der Waals surface area contributed by atoms with Gasteiger partial charge in [0.15, 0.2) is 11.6 Å². The van der Waals surface area contributed by atoms with Gasteiger partial charge in [-0.25, -0.2) is 31.3 Å². The molecule has 0 aliphatic carbocycles. The second-order valence-electron chi connectivity index (χ2n) is 10.1. The predicted octanol–water partition coefficient (Wildman–Crippen LogP) is 5.66. The normalized spacial score (nSPS) is 14.9. The second-order valence-corrected chi connectivity index (χ2v) is 11.7. The van der Waals surface area contributed by atoms with Crippen molar-refractivity contribution in [2.45, 2.75) is 37.0 Å². The van der Waals surface area contributed by atoms with Crippen molar-refractivity contribution in [3.05, 3.63) is 77.4 Å². The van der Waals surface area contributed by atoms with E-state index in [0.717, 1.165) is 37.7 Å². The van der Waals surface area contributed by atoms with Crippen LogP contribution in [0.5, 0.6) is 11.6 Å². The molecule has 1 aliphatic rings. The zero-order valence-corrected chi connectivity index (χ0v) is 23.5. The number of sulfonamides is 1. The summed E-state index contributed by atoms with van der Waals surface area (Å²) in [6.45, 7) is 3.49. The maximum atomic E-state index is 15.3. The first-order chi connectivity index (χ1) is 19.5. The van der Waals surface area contributed by atoms with Crippen LogP contribution in [0.3, 0.4) is 0 Å². The van der Waals surface area contributed by atoms with E-state index < -0.39 is 39.7 Å². The Morgan fingerprint density at radius 2 is 1.80 bits per heavy atom. The second kappa shape index (κ2) is 11.5. The average molecular weight is 587 g/mol. The molecule has 1 N–H and O–H groups in total. The molecule has 0 amide bonds. The summed E-state index contributed by atoms with van der Waals surface area (Å²) in [5.74, 6) is -2.07. The van der Waals surface area contributed by atoms with Gasteiger partial charge in [0.25, 0.3) is 16.4 Å². The molecule has 2 aromatic heterocycles. The van der Waals surface area contributed by atoms with E-state index in [1.807, 2.05) is 7.05 Å². The zero-order valence-electron chi connectivity index (χ0n) is 22.7. The highest BCUT2D eigenvalue weighted by molar-refractivity contribution is 7.92. The third-order valence-corrected chi connectivity index (χ3v) is 8.38. The fourth-order valence-corrected chi connectivity index (χ4v) is 5.76. The number of halogens is 3. The van der Waals surface area contributed by atoms with E-state index in [0.29, 0.717) is 11.1 Å². The third kappa shape index (κ3) is 6.20. The first kappa shape index (κ1) is 28.6. The van der Waals surface area contributed by atoms with E-state index in [9.17, 15) is 17.2 Å². The van der Waals surface area contributed by atoms with Crippen molar-refractivity contribution < 1.29 is 26.3 Å². The van der Waals surface area contributed by atoms with Gasteiger partial charge in [0.1, 0.15) is 10.5 Å². The van der Waals surface area contributed by atoms with Crippen LogP contribution >= 0.6 is 0 Å². The van der Waals surface area contributed by atoms with Crippen molar-refractivity contribution in [2.24, 2.45) is 7.05 Å². The summed E-state index contributed by atoms with van der Waals surface area (Å²) >= 11 is 0. The van der Waals surface area contributed by atoms with Crippen LogP contribution < -0.4 is 9.46 Å². The van der Waals surface area contributed by atoms with Gasteiger partial charge in [-0.3, -0.25) is 4.68 Å². The quantitative estimate of drug-likeness (QED) is 0.284. The summed E-state index contributed by atoms with van der Waals surface area (Å²) in [4.78, 5) is 10.2. The molecule has 3 heterocycles. The van der Waals surface area contributed by atoms with E-state index in [-0.39, 0.29) is 22.3 Å². The van der Waals surface area contributed by atoms with Crippen LogP contribution in [0, 0.1) is 12.7 Å². The highest BCUT2D eigenvalue weighted by Gasteiger charge is 2.29. The summed E-state index contributed by atoms with van der Waals surface area (Å²) in [6, 6.07) is 11.1. The topological polar surface area (TPSA) is 102 Å². The van der Waals surface area contributed by atoms with Gasteiger partial charge in [0.2, 0.25) is 11.8 Å². The van der Waals surface area contributed by atoms with Crippen LogP contribution in [0.15, 0.2) is 59.8 Å². The monoisotopic (exact) mass is 586 g/mol. The number of rotatable bonds is 8. The standard InChI is InChI=1S/C28H29F3N6O3S/c1-17-6-4-5-7-21(17)25-24(26(30)31)27(34-28(33-25)35-41(38,39)20-15-32-37(3)16-20)40-23-9-8-19(14-22(23)29)18-10-12-36(2)13-11-18/h4-9,14-16,18,26H,10-13H2,1-3H3,(H,33,34,35). The van der Waals surface area contributed by atoms with E-state index in [1.54, 1.807) is 44.3 Å². The molecule has 5 rings (SSSR count). The van der Waals surface area contributed by atoms with Crippen molar-refractivity contribution in [1.82, 2.24) is 24.6 Å². The number of likely N-dealkylation sites (tertiary alicyclic amines) is 1. The lowest BCUT2D eigenvalue weighted by Gasteiger charge is -2.29. The number of piperidine rings is 1. The van der Waals surface area contributed by atoms with Crippen molar-refractivity contribution in [2.75, 3.05) is 24.9 Å². The Bertz CT molecular complexity index is 1670. The predicted molar refractivity (Wildman–Crippen MR) is 147 cm³/mol. The Morgan fingerprint density at radius 3 is 2.44 bits per heavy atom. The SMILES string of the molecule is Cc1ccccc1-c1nc(NS(=O)(=O)c2cnn(C)c2)nc(Oc2ccc(C3CCN(C)CC3)cc2F)c1C(F)F. The van der Waals surface area contributed by atoms with Crippen LogP contribution in [0.25, 0.3) is 11.3 Å². The number of anilines is 1. The Kier molecular flexibility index (Phi) is 8.00. The maximum Gasteiger partial charge on any atom is 0.271 e. The Morgan fingerprint density at radius 1 is 1.07 bits per heavy atom. The van der Waals surface area contributed by atoms with Gasteiger partial charge in [0, 0.05) is 18.8 Å². The Labute approximate surface area is 236 Å². The summed E-state index contributed by atoms with van der Waals surface area (Å²) in [5, 5.41) is 3.85. The fourth-order valence-electron chi connectivity index (χ4n) is 4.83. The van der Waals surface area contributed by atoms with Crippen LogP contribution in [0.2, 0.25) is 0 Å². The molecule has 0 saturated carbocycles. The Hall–Kier alpha value is -3.97. The van der Waals surface area contributed by atoms with Crippen LogP contribution in [-0.4, -0.2) is 53.2 Å². The maximum absolute atomic E-state index is 15.3. The minimum absolute atomic E-state index is 0.173. The smallest absolute Gasteiger partial charge is 0.271 e. The van der Waals surface area contributed by atoms with Crippen LogP contribution in [0.1, 0.15) is 41.9 Å². The van der Waals surface area contributed by atoms with Crippen molar-refractivity contribution >= 4 is 16.0 Å². The number of ether oxygens (including phenoxy) is 1. The largest absolute Gasteiger partial charge is 0.435 e. The summed E-state index contributed by atoms with van der Waals surface area (Å²) in [6.07, 6.45) is 1.01. The first-order valence-electron chi connectivity index (χ1n) is 12.9. The van der Waals surface area contributed by atoms with Gasteiger partial charge >= 0.3 is 0 Å².